The maximum Gasteiger partial charge on any atom is 0.229 e. The lowest BCUT2D eigenvalue weighted by Crippen LogP contribution is -2.02. The molecule has 0 bridgehead atoms. The summed E-state index contributed by atoms with van der Waals surface area (Å²) in [6.07, 6.45) is 2.55. The van der Waals surface area contributed by atoms with Gasteiger partial charge in [-0.15, -0.1) is 0 Å². The van der Waals surface area contributed by atoms with Gasteiger partial charge in [-0.3, -0.25) is 5.32 Å². The summed E-state index contributed by atoms with van der Waals surface area (Å²) in [7, 11) is 1.48. The minimum atomic E-state index is 0.0172. The van der Waals surface area contributed by atoms with Crippen LogP contribution in [0.15, 0.2) is 24.9 Å². The fourth-order valence-electron chi connectivity index (χ4n) is 0.562. The van der Waals surface area contributed by atoms with Gasteiger partial charge < -0.3 is 9.84 Å². The average Bonchev–Trinajstić information content (AvgIpc) is 2.09. The van der Waals surface area contributed by atoms with Crippen LogP contribution in [0.2, 0.25) is 0 Å². The van der Waals surface area contributed by atoms with Gasteiger partial charge in [-0.05, 0) is 6.58 Å². The van der Waals surface area contributed by atoms with Crippen molar-refractivity contribution < 1.29 is 9.84 Å². The van der Waals surface area contributed by atoms with Gasteiger partial charge in [-0.2, -0.15) is 0 Å². The Labute approximate surface area is 69.7 Å². The number of hydrogen-bond acceptors (Lipinski definition) is 5. The molecule has 64 valence electrons. The summed E-state index contributed by atoms with van der Waals surface area (Å²) in [5.74, 6) is 0.698. The van der Waals surface area contributed by atoms with Gasteiger partial charge in [0.05, 0.1) is 19.5 Å². The molecule has 0 aliphatic carbocycles. The highest BCUT2D eigenvalue weighted by Gasteiger charge is 1.96. The highest BCUT2D eigenvalue weighted by Crippen LogP contribution is 2.06. The fourth-order valence-corrected chi connectivity index (χ4v) is 0.562. The Morgan fingerprint density at radius 2 is 2.17 bits per heavy atom. The van der Waals surface area contributed by atoms with Crippen LogP contribution in [0.4, 0.5) is 5.95 Å². The van der Waals surface area contributed by atoms with Crippen LogP contribution in [0.3, 0.4) is 0 Å². The minimum Gasteiger partial charge on any atom is -0.505 e. The van der Waals surface area contributed by atoms with E-state index in [9.17, 15) is 0 Å². The number of hydrogen-bond donors (Lipinski definition) is 2. The smallest absolute Gasteiger partial charge is 0.229 e. The summed E-state index contributed by atoms with van der Waals surface area (Å²) >= 11 is 0. The molecule has 5 nitrogen and oxygen atoms in total. The number of nitrogens with one attached hydrogen (secondary N) is 1. The average molecular weight is 167 g/mol. The highest BCUT2D eigenvalue weighted by molar-refractivity contribution is 5.31. The molecule has 0 fully saturated rings. The molecule has 0 aliphatic heterocycles. The largest absolute Gasteiger partial charge is 0.505 e. The monoisotopic (exact) mass is 167 g/mol. The number of anilines is 1. The molecule has 0 spiro atoms. The normalized spacial score (nSPS) is 9.08. The van der Waals surface area contributed by atoms with Crippen LogP contribution in [0.25, 0.3) is 0 Å². The lowest BCUT2D eigenvalue weighted by molar-refractivity contribution is 0.299. The van der Waals surface area contributed by atoms with Crippen molar-refractivity contribution in [2.24, 2.45) is 0 Å². The number of aromatic nitrogens is 2. The topological polar surface area (TPSA) is 67.3 Å². The van der Waals surface area contributed by atoms with Crippen LogP contribution >= 0.6 is 0 Å². The SMILES string of the molecule is C=C(Nc1ncc(O)cn1)OC. The molecule has 1 heterocycles. The second-order valence-electron chi connectivity index (χ2n) is 2.02. The molecule has 1 rings (SSSR count). The second kappa shape index (κ2) is 3.56. The third kappa shape index (κ3) is 2.12. The number of nitrogens with zero attached hydrogens (tertiary/aromatic N) is 2. The molecule has 0 saturated carbocycles. The molecule has 1 aromatic rings. The van der Waals surface area contributed by atoms with Crippen molar-refractivity contribution in [1.82, 2.24) is 9.97 Å². The van der Waals surface area contributed by atoms with Crippen LogP contribution in [0.5, 0.6) is 5.75 Å². The van der Waals surface area contributed by atoms with E-state index in [-0.39, 0.29) is 5.75 Å². The lowest BCUT2D eigenvalue weighted by Gasteiger charge is -2.04. The summed E-state index contributed by atoms with van der Waals surface area (Å²) in [6, 6.07) is 0. The van der Waals surface area contributed by atoms with E-state index in [0.29, 0.717) is 11.8 Å². The molecule has 1 aromatic heterocycles. The Bertz CT molecular complexity index is 270. The van der Waals surface area contributed by atoms with E-state index >= 15 is 0 Å². The molecule has 0 saturated heterocycles. The van der Waals surface area contributed by atoms with Crippen molar-refractivity contribution in [2.45, 2.75) is 0 Å². The predicted octanol–water partition coefficient (Wildman–Crippen LogP) is 0.712. The van der Waals surface area contributed by atoms with Crippen molar-refractivity contribution in [3.8, 4) is 5.75 Å². The number of rotatable bonds is 3. The van der Waals surface area contributed by atoms with Crippen LogP contribution in [0, 0.1) is 0 Å². The zero-order chi connectivity index (χ0) is 8.97. The minimum absolute atomic E-state index is 0.0172. The Morgan fingerprint density at radius 3 is 2.67 bits per heavy atom. The third-order valence-corrected chi connectivity index (χ3v) is 1.14. The van der Waals surface area contributed by atoms with Gasteiger partial charge in [0.1, 0.15) is 0 Å². The molecular formula is C7H9N3O2. The van der Waals surface area contributed by atoms with Gasteiger partial charge in [0.15, 0.2) is 11.6 Å². The second-order valence-corrected chi connectivity index (χ2v) is 2.02. The van der Waals surface area contributed by atoms with Gasteiger partial charge in [-0.1, -0.05) is 0 Å². The van der Waals surface area contributed by atoms with E-state index in [1.54, 1.807) is 0 Å². The standard InChI is InChI=1S/C7H9N3O2/c1-5(12-2)10-7-8-3-6(11)4-9-7/h3-4,11H,1H2,2H3,(H,8,9,10). The van der Waals surface area contributed by atoms with Crippen LogP contribution < -0.4 is 5.32 Å². The van der Waals surface area contributed by atoms with E-state index in [1.807, 2.05) is 0 Å². The van der Waals surface area contributed by atoms with E-state index in [2.05, 4.69) is 21.9 Å². The summed E-state index contributed by atoms with van der Waals surface area (Å²) in [6.45, 7) is 3.52. The zero-order valence-corrected chi connectivity index (χ0v) is 6.61. The first-order valence-electron chi connectivity index (χ1n) is 3.23. The number of ether oxygens (including phenoxy) is 1. The van der Waals surface area contributed by atoms with Crippen LogP contribution in [-0.2, 0) is 4.74 Å². The summed E-state index contributed by atoms with van der Waals surface area (Å²) < 4.78 is 4.74. The Balaban J connectivity index is 2.64. The number of aromatic hydroxyl groups is 1. The first-order chi connectivity index (χ1) is 5.72. The fraction of sp³-hybridized carbons (Fsp3) is 0.143. The van der Waals surface area contributed by atoms with Crippen molar-refractivity contribution in [3.63, 3.8) is 0 Å². The van der Waals surface area contributed by atoms with Gasteiger partial charge in [0.25, 0.3) is 0 Å². The molecule has 0 aliphatic rings. The van der Waals surface area contributed by atoms with Crippen molar-refractivity contribution in [1.29, 1.82) is 0 Å². The first-order valence-corrected chi connectivity index (χ1v) is 3.23. The molecule has 5 heteroatoms. The molecule has 2 N–H and O–H groups in total. The molecule has 0 unspecified atom stereocenters. The Kier molecular flexibility index (Phi) is 2.47. The Hall–Kier alpha value is -1.78. The van der Waals surface area contributed by atoms with Gasteiger partial charge >= 0.3 is 0 Å². The van der Waals surface area contributed by atoms with Gasteiger partial charge in [0.2, 0.25) is 5.95 Å². The predicted molar refractivity (Wildman–Crippen MR) is 43.5 cm³/mol. The zero-order valence-electron chi connectivity index (χ0n) is 6.61. The van der Waals surface area contributed by atoms with E-state index in [4.69, 9.17) is 9.84 Å². The van der Waals surface area contributed by atoms with Crippen molar-refractivity contribution in [3.05, 3.63) is 24.9 Å². The van der Waals surface area contributed by atoms with E-state index in [1.165, 1.54) is 19.5 Å². The number of methoxy groups -OCH3 is 1. The molecule has 0 atom stereocenters. The highest BCUT2D eigenvalue weighted by atomic mass is 16.5. The summed E-state index contributed by atoms with van der Waals surface area (Å²) in [4.78, 5) is 7.51. The van der Waals surface area contributed by atoms with Crippen LogP contribution in [0.1, 0.15) is 0 Å². The summed E-state index contributed by atoms with van der Waals surface area (Å²) in [5, 5.41) is 11.5. The first kappa shape index (κ1) is 8.32. The van der Waals surface area contributed by atoms with E-state index in [0.717, 1.165) is 0 Å². The quantitative estimate of drug-likeness (QED) is 0.649. The lowest BCUT2D eigenvalue weighted by atomic mass is 10.6. The van der Waals surface area contributed by atoms with Crippen molar-refractivity contribution in [2.75, 3.05) is 12.4 Å². The molecular weight excluding hydrogens is 158 g/mol. The maximum atomic E-state index is 8.84. The van der Waals surface area contributed by atoms with Gasteiger partial charge in [-0.25, -0.2) is 9.97 Å². The van der Waals surface area contributed by atoms with E-state index < -0.39 is 0 Å². The van der Waals surface area contributed by atoms with Gasteiger partial charge in [0, 0.05) is 0 Å². The Morgan fingerprint density at radius 1 is 1.58 bits per heavy atom. The van der Waals surface area contributed by atoms with Crippen molar-refractivity contribution >= 4 is 5.95 Å². The third-order valence-electron chi connectivity index (χ3n) is 1.14. The maximum absolute atomic E-state index is 8.84. The summed E-state index contributed by atoms with van der Waals surface area (Å²) in [5.41, 5.74) is 0. The molecule has 12 heavy (non-hydrogen) atoms. The molecule has 0 amide bonds. The molecule has 0 radical (unpaired) electrons. The molecule has 0 aromatic carbocycles. The van der Waals surface area contributed by atoms with Crippen LogP contribution in [-0.4, -0.2) is 22.2 Å².